The van der Waals surface area contributed by atoms with Crippen LogP contribution in [0.1, 0.15) is 5.76 Å². The molecule has 2 aromatic carbocycles. The highest BCUT2D eigenvalue weighted by Crippen LogP contribution is 2.31. The Bertz CT molecular complexity index is 1050. The van der Waals surface area contributed by atoms with E-state index >= 15 is 0 Å². The first kappa shape index (κ1) is 20.1. The van der Waals surface area contributed by atoms with Crippen molar-refractivity contribution in [3.63, 3.8) is 0 Å². The van der Waals surface area contributed by atoms with Crippen LogP contribution in [0.25, 0.3) is 17.4 Å². The Balaban J connectivity index is 1.59. The fraction of sp³-hybridized carbons (Fsp3) is 0. The van der Waals surface area contributed by atoms with Crippen molar-refractivity contribution < 1.29 is 13.6 Å². The van der Waals surface area contributed by atoms with Gasteiger partial charge in [-0.25, -0.2) is 4.39 Å². The van der Waals surface area contributed by atoms with Crippen LogP contribution in [0.15, 0.2) is 65.1 Å². The highest BCUT2D eigenvalue weighted by atomic mass is 35.5. The molecule has 142 valence electrons. The SMILES string of the molecule is O=C(/C=C/c1ccc(-c2ccc(Cl)cc2Cl)o1)NC(=S)Nc1ccc(F)cc1. The summed E-state index contributed by atoms with van der Waals surface area (Å²) in [5.41, 5.74) is 1.26. The van der Waals surface area contributed by atoms with Crippen molar-refractivity contribution in [2.75, 3.05) is 5.32 Å². The number of anilines is 1. The Kier molecular flexibility index (Phi) is 6.46. The summed E-state index contributed by atoms with van der Waals surface area (Å²) >= 11 is 17.1. The Labute approximate surface area is 176 Å². The van der Waals surface area contributed by atoms with Gasteiger partial charge in [-0.15, -0.1) is 0 Å². The molecule has 3 aromatic rings. The second-order valence-corrected chi connectivity index (χ2v) is 6.86. The second-order valence-electron chi connectivity index (χ2n) is 5.61. The number of amides is 1. The van der Waals surface area contributed by atoms with Gasteiger partial charge in [0.2, 0.25) is 5.91 Å². The molecular formula is C20H13Cl2FN2O2S. The Morgan fingerprint density at radius 1 is 1.07 bits per heavy atom. The van der Waals surface area contributed by atoms with E-state index in [4.69, 9.17) is 39.8 Å². The summed E-state index contributed by atoms with van der Waals surface area (Å²) in [6, 6.07) is 14.1. The van der Waals surface area contributed by atoms with Gasteiger partial charge in [-0.1, -0.05) is 23.2 Å². The lowest BCUT2D eigenvalue weighted by Gasteiger charge is -2.07. The van der Waals surface area contributed by atoms with Gasteiger partial charge in [-0.3, -0.25) is 10.1 Å². The van der Waals surface area contributed by atoms with Crippen LogP contribution in [0.3, 0.4) is 0 Å². The van der Waals surface area contributed by atoms with Crippen molar-refractivity contribution in [1.29, 1.82) is 0 Å². The van der Waals surface area contributed by atoms with Crippen LogP contribution < -0.4 is 10.6 Å². The number of furan rings is 1. The molecule has 0 aliphatic carbocycles. The van der Waals surface area contributed by atoms with Gasteiger partial charge in [-0.05, 0) is 72.9 Å². The third-order valence-corrected chi connectivity index (χ3v) is 4.31. The molecule has 0 radical (unpaired) electrons. The van der Waals surface area contributed by atoms with Crippen LogP contribution in [-0.4, -0.2) is 11.0 Å². The molecule has 3 rings (SSSR count). The first-order valence-corrected chi connectivity index (χ1v) is 9.18. The molecule has 4 nitrogen and oxygen atoms in total. The molecule has 0 bridgehead atoms. The summed E-state index contributed by atoms with van der Waals surface area (Å²) in [4.78, 5) is 12.0. The van der Waals surface area contributed by atoms with Gasteiger partial charge in [0.05, 0.1) is 5.02 Å². The fourth-order valence-corrected chi connectivity index (χ4v) is 3.00. The van der Waals surface area contributed by atoms with E-state index in [-0.39, 0.29) is 10.9 Å². The predicted octanol–water partition coefficient (Wildman–Crippen LogP) is 5.92. The summed E-state index contributed by atoms with van der Waals surface area (Å²) in [5.74, 6) is 0.215. The first-order chi connectivity index (χ1) is 13.4. The van der Waals surface area contributed by atoms with Crippen molar-refractivity contribution in [2.24, 2.45) is 0 Å². The van der Waals surface area contributed by atoms with Gasteiger partial charge in [0.15, 0.2) is 5.11 Å². The lowest BCUT2D eigenvalue weighted by Crippen LogP contribution is -2.32. The zero-order chi connectivity index (χ0) is 20.1. The number of hydrogen-bond acceptors (Lipinski definition) is 3. The van der Waals surface area contributed by atoms with Crippen molar-refractivity contribution in [1.82, 2.24) is 5.32 Å². The van der Waals surface area contributed by atoms with Crippen LogP contribution in [0.2, 0.25) is 10.0 Å². The predicted molar refractivity (Wildman–Crippen MR) is 114 cm³/mol. The zero-order valence-electron chi connectivity index (χ0n) is 14.2. The number of halogens is 3. The quantitative estimate of drug-likeness (QED) is 0.395. The number of hydrogen-bond donors (Lipinski definition) is 2. The molecule has 0 atom stereocenters. The molecule has 0 fully saturated rings. The maximum Gasteiger partial charge on any atom is 0.250 e. The Morgan fingerprint density at radius 3 is 2.54 bits per heavy atom. The van der Waals surface area contributed by atoms with E-state index < -0.39 is 5.91 Å². The highest BCUT2D eigenvalue weighted by molar-refractivity contribution is 7.80. The molecule has 0 saturated carbocycles. The molecule has 1 aromatic heterocycles. The second kappa shape index (κ2) is 9.01. The van der Waals surface area contributed by atoms with E-state index in [1.165, 1.54) is 36.4 Å². The molecule has 0 unspecified atom stereocenters. The summed E-state index contributed by atoms with van der Waals surface area (Å²) < 4.78 is 18.6. The number of nitrogens with one attached hydrogen (secondary N) is 2. The van der Waals surface area contributed by atoms with Crippen molar-refractivity contribution in [3.05, 3.63) is 82.3 Å². The van der Waals surface area contributed by atoms with Crippen LogP contribution in [-0.2, 0) is 4.79 Å². The topological polar surface area (TPSA) is 54.3 Å². The lowest BCUT2D eigenvalue weighted by molar-refractivity contribution is -0.115. The summed E-state index contributed by atoms with van der Waals surface area (Å²) in [5, 5.41) is 6.36. The average molecular weight is 435 g/mol. The molecule has 1 amide bonds. The zero-order valence-corrected chi connectivity index (χ0v) is 16.5. The molecule has 2 N–H and O–H groups in total. The van der Waals surface area contributed by atoms with E-state index in [0.29, 0.717) is 32.8 Å². The number of thiocarbonyl (C=S) groups is 1. The van der Waals surface area contributed by atoms with Gasteiger partial charge in [-0.2, -0.15) is 0 Å². The van der Waals surface area contributed by atoms with Gasteiger partial charge in [0.25, 0.3) is 0 Å². The van der Waals surface area contributed by atoms with Gasteiger partial charge in [0.1, 0.15) is 17.3 Å². The lowest BCUT2D eigenvalue weighted by atomic mass is 10.2. The third-order valence-electron chi connectivity index (χ3n) is 3.56. The van der Waals surface area contributed by atoms with Crippen molar-refractivity contribution >= 4 is 58.2 Å². The van der Waals surface area contributed by atoms with Crippen LogP contribution in [0, 0.1) is 5.82 Å². The minimum Gasteiger partial charge on any atom is -0.457 e. The molecule has 0 aliphatic heterocycles. The van der Waals surface area contributed by atoms with E-state index in [0.717, 1.165) is 0 Å². The molecular weight excluding hydrogens is 422 g/mol. The molecule has 0 spiro atoms. The summed E-state index contributed by atoms with van der Waals surface area (Å²) in [7, 11) is 0. The molecule has 0 saturated heterocycles. The largest absolute Gasteiger partial charge is 0.457 e. The molecule has 1 heterocycles. The molecule has 0 aliphatic rings. The normalized spacial score (nSPS) is 10.8. The molecule has 28 heavy (non-hydrogen) atoms. The minimum absolute atomic E-state index is 0.0920. The minimum atomic E-state index is -0.443. The third kappa shape index (κ3) is 5.42. The highest BCUT2D eigenvalue weighted by Gasteiger charge is 2.09. The standard InChI is InChI=1S/C20H13Cl2FN2O2S/c21-12-1-8-16(17(22)11-12)18-9-6-15(27-18)7-10-19(26)25-20(28)24-14-4-2-13(23)3-5-14/h1-11H,(H2,24,25,26,28)/b10-7+. The fourth-order valence-electron chi connectivity index (χ4n) is 2.28. The number of benzene rings is 2. The maximum absolute atomic E-state index is 12.9. The number of carbonyl (C=O) groups excluding carboxylic acids is 1. The van der Waals surface area contributed by atoms with Crippen molar-refractivity contribution in [3.8, 4) is 11.3 Å². The summed E-state index contributed by atoms with van der Waals surface area (Å²) in [6.07, 6.45) is 2.79. The average Bonchev–Trinajstić information content (AvgIpc) is 3.10. The van der Waals surface area contributed by atoms with Gasteiger partial charge >= 0.3 is 0 Å². The van der Waals surface area contributed by atoms with E-state index in [1.807, 2.05) is 0 Å². The smallest absolute Gasteiger partial charge is 0.250 e. The van der Waals surface area contributed by atoms with Crippen molar-refractivity contribution in [2.45, 2.75) is 0 Å². The maximum atomic E-state index is 12.9. The van der Waals surface area contributed by atoms with Gasteiger partial charge < -0.3 is 9.73 Å². The monoisotopic (exact) mass is 434 g/mol. The van der Waals surface area contributed by atoms with Gasteiger partial charge in [0, 0.05) is 22.3 Å². The van der Waals surface area contributed by atoms with E-state index in [2.05, 4.69) is 10.6 Å². The summed E-state index contributed by atoms with van der Waals surface area (Å²) in [6.45, 7) is 0. The Morgan fingerprint density at radius 2 is 1.82 bits per heavy atom. The van der Waals surface area contributed by atoms with E-state index in [1.54, 1.807) is 30.3 Å². The van der Waals surface area contributed by atoms with Crippen LogP contribution in [0.4, 0.5) is 10.1 Å². The molecule has 8 heteroatoms. The Hall–Kier alpha value is -2.67. The van der Waals surface area contributed by atoms with E-state index in [9.17, 15) is 9.18 Å². The number of carbonyl (C=O) groups is 1. The van der Waals surface area contributed by atoms with Crippen LogP contribution >= 0.6 is 35.4 Å². The van der Waals surface area contributed by atoms with Crippen LogP contribution in [0.5, 0.6) is 0 Å². The first-order valence-electron chi connectivity index (χ1n) is 8.01. The number of rotatable bonds is 4.